The predicted octanol–water partition coefficient (Wildman–Crippen LogP) is 2.20. The molecule has 0 aromatic heterocycles. The fraction of sp³-hybridized carbons (Fsp3) is 0.455. The highest BCUT2D eigenvalue weighted by molar-refractivity contribution is 5.14. The van der Waals surface area contributed by atoms with Gasteiger partial charge in [0.15, 0.2) is 0 Å². The fourth-order valence-corrected chi connectivity index (χ4v) is 1.30. The van der Waals surface area contributed by atoms with Crippen molar-refractivity contribution in [3.05, 3.63) is 40.8 Å². The van der Waals surface area contributed by atoms with E-state index in [9.17, 15) is 4.91 Å². The molecule has 4 nitrogen and oxygen atoms in total. The SMILES string of the molecule is COC(C)N(CCc1ccccc1)N=O. The highest BCUT2D eigenvalue weighted by Gasteiger charge is 2.11. The van der Waals surface area contributed by atoms with E-state index in [0.29, 0.717) is 6.54 Å². The third kappa shape index (κ3) is 3.67. The molecule has 0 heterocycles. The van der Waals surface area contributed by atoms with Crippen LogP contribution in [0.4, 0.5) is 0 Å². The van der Waals surface area contributed by atoms with Crippen LogP contribution in [0, 0.1) is 4.91 Å². The van der Waals surface area contributed by atoms with E-state index in [2.05, 4.69) is 5.29 Å². The van der Waals surface area contributed by atoms with E-state index >= 15 is 0 Å². The molecule has 1 aromatic rings. The number of ether oxygens (including phenoxy) is 1. The van der Waals surface area contributed by atoms with Gasteiger partial charge in [0.2, 0.25) is 0 Å². The lowest BCUT2D eigenvalue weighted by Crippen LogP contribution is -2.31. The maximum atomic E-state index is 10.5. The van der Waals surface area contributed by atoms with Crippen LogP contribution in [-0.2, 0) is 11.2 Å². The molecule has 1 rings (SSSR count). The Kier molecular flexibility index (Phi) is 4.77. The van der Waals surface area contributed by atoms with Crippen LogP contribution in [0.15, 0.2) is 35.6 Å². The summed E-state index contributed by atoms with van der Waals surface area (Å²) in [6.45, 7) is 2.37. The van der Waals surface area contributed by atoms with Crippen LogP contribution < -0.4 is 0 Å². The van der Waals surface area contributed by atoms with Crippen LogP contribution in [-0.4, -0.2) is 24.9 Å². The van der Waals surface area contributed by atoms with E-state index in [1.54, 1.807) is 14.0 Å². The first-order valence-corrected chi connectivity index (χ1v) is 4.94. The Morgan fingerprint density at radius 2 is 2.07 bits per heavy atom. The molecule has 0 aliphatic rings. The third-order valence-electron chi connectivity index (χ3n) is 2.34. The molecule has 0 N–H and O–H groups in total. The summed E-state index contributed by atoms with van der Waals surface area (Å²) in [5.41, 5.74) is 1.19. The zero-order valence-electron chi connectivity index (χ0n) is 9.09. The predicted molar refractivity (Wildman–Crippen MR) is 59.1 cm³/mol. The van der Waals surface area contributed by atoms with Crippen molar-refractivity contribution >= 4 is 0 Å². The standard InChI is InChI=1S/C11H16N2O2/c1-10(15-2)13(12-14)9-8-11-6-4-3-5-7-11/h3-7,10H,8-9H2,1-2H3. The van der Waals surface area contributed by atoms with Crippen molar-refractivity contribution in [3.8, 4) is 0 Å². The van der Waals surface area contributed by atoms with Crippen LogP contribution in [0.3, 0.4) is 0 Å². The van der Waals surface area contributed by atoms with E-state index in [1.165, 1.54) is 10.6 Å². The van der Waals surface area contributed by atoms with Crippen molar-refractivity contribution in [3.63, 3.8) is 0 Å². The van der Waals surface area contributed by atoms with Crippen molar-refractivity contribution in [1.29, 1.82) is 0 Å². The summed E-state index contributed by atoms with van der Waals surface area (Å²) < 4.78 is 5.02. The van der Waals surface area contributed by atoms with Gasteiger partial charge in [-0.1, -0.05) is 30.3 Å². The normalized spacial score (nSPS) is 12.1. The lowest BCUT2D eigenvalue weighted by Gasteiger charge is -2.21. The first-order valence-electron chi connectivity index (χ1n) is 4.94. The Balaban J connectivity index is 2.44. The van der Waals surface area contributed by atoms with Gasteiger partial charge in [-0.3, -0.25) is 0 Å². The second kappa shape index (κ2) is 6.14. The van der Waals surface area contributed by atoms with Crippen LogP contribution in [0.25, 0.3) is 0 Å². The van der Waals surface area contributed by atoms with Gasteiger partial charge in [-0.05, 0) is 18.9 Å². The van der Waals surface area contributed by atoms with Gasteiger partial charge in [-0.2, -0.15) is 0 Å². The van der Waals surface area contributed by atoms with Gasteiger partial charge in [-0.25, -0.2) is 5.01 Å². The van der Waals surface area contributed by atoms with Crippen molar-refractivity contribution < 1.29 is 4.74 Å². The summed E-state index contributed by atoms with van der Waals surface area (Å²) >= 11 is 0. The summed E-state index contributed by atoms with van der Waals surface area (Å²) in [5.74, 6) is 0. The molecule has 82 valence electrons. The number of methoxy groups -OCH3 is 1. The first kappa shape index (κ1) is 11.7. The molecule has 0 fully saturated rings. The van der Waals surface area contributed by atoms with E-state index in [-0.39, 0.29) is 6.23 Å². The largest absolute Gasteiger partial charge is 0.360 e. The molecular weight excluding hydrogens is 192 g/mol. The molecule has 0 spiro atoms. The van der Waals surface area contributed by atoms with Crippen LogP contribution >= 0.6 is 0 Å². The van der Waals surface area contributed by atoms with Crippen LogP contribution in [0.1, 0.15) is 12.5 Å². The minimum Gasteiger partial charge on any atom is -0.360 e. The highest BCUT2D eigenvalue weighted by atomic mass is 16.5. The van der Waals surface area contributed by atoms with E-state index in [1.807, 2.05) is 30.3 Å². The summed E-state index contributed by atoms with van der Waals surface area (Å²) in [5, 5.41) is 4.33. The molecule has 0 aliphatic carbocycles. The number of nitroso groups, excluding NO2 is 1. The smallest absolute Gasteiger partial charge is 0.145 e. The summed E-state index contributed by atoms with van der Waals surface area (Å²) in [7, 11) is 1.56. The first-order chi connectivity index (χ1) is 7.27. The van der Waals surface area contributed by atoms with Gasteiger partial charge in [-0.15, -0.1) is 4.91 Å². The minimum absolute atomic E-state index is 0.272. The Bertz CT molecular complexity index is 290. The number of benzene rings is 1. The Morgan fingerprint density at radius 3 is 2.60 bits per heavy atom. The van der Waals surface area contributed by atoms with Gasteiger partial charge >= 0.3 is 0 Å². The van der Waals surface area contributed by atoms with Crippen LogP contribution in [0.2, 0.25) is 0 Å². The third-order valence-corrected chi connectivity index (χ3v) is 2.34. The fourth-order valence-electron chi connectivity index (χ4n) is 1.30. The second-order valence-electron chi connectivity index (χ2n) is 3.32. The van der Waals surface area contributed by atoms with Gasteiger partial charge in [0.25, 0.3) is 0 Å². The number of hydrogen-bond acceptors (Lipinski definition) is 3. The number of hydrogen-bond donors (Lipinski definition) is 0. The molecule has 1 atom stereocenters. The Hall–Kier alpha value is -1.42. The molecule has 15 heavy (non-hydrogen) atoms. The zero-order chi connectivity index (χ0) is 11.1. The average molecular weight is 208 g/mol. The van der Waals surface area contributed by atoms with Crippen molar-refractivity contribution in [2.75, 3.05) is 13.7 Å². The molecule has 0 aliphatic heterocycles. The molecule has 1 unspecified atom stereocenters. The maximum absolute atomic E-state index is 10.5. The lowest BCUT2D eigenvalue weighted by atomic mass is 10.1. The molecule has 0 amide bonds. The minimum atomic E-state index is -0.272. The van der Waals surface area contributed by atoms with Gasteiger partial charge in [0.1, 0.15) is 6.23 Å². The van der Waals surface area contributed by atoms with Crippen LogP contribution in [0.5, 0.6) is 0 Å². The topological polar surface area (TPSA) is 41.9 Å². The monoisotopic (exact) mass is 208 g/mol. The molecule has 1 aromatic carbocycles. The average Bonchev–Trinajstić information content (AvgIpc) is 2.31. The lowest BCUT2D eigenvalue weighted by molar-refractivity contribution is -0.0182. The molecule has 0 bridgehead atoms. The quantitative estimate of drug-likeness (QED) is 0.409. The Labute approximate surface area is 89.8 Å². The number of nitrogens with zero attached hydrogens (tertiary/aromatic N) is 2. The summed E-state index contributed by atoms with van der Waals surface area (Å²) in [4.78, 5) is 10.5. The highest BCUT2D eigenvalue weighted by Crippen LogP contribution is 2.05. The van der Waals surface area contributed by atoms with Crippen molar-refractivity contribution in [1.82, 2.24) is 5.01 Å². The van der Waals surface area contributed by atoms with Gasteiger partial charge < -0.3 is 4.74 Å². The molecule has 0 radical (unpaired) electrons. The van der Waals surface area contributed by atoms with E-state index < -0.39 is 0 Å². The summed E-state index contributed by atoms with van der Waals surface area (Å²) in [6, 6.07) is 9.99. The maximum Gasteiger partial charge on any atom is 0.145 e. The number of rotatable bonds is 6. The van der Waals surface area contributed by atoms with Crippen molar-refractivity contribution in [2.45, 2.75) is 19.6 Å². The molecular formula is C11H16N2O2. The second-order valence-corrected chi connectivity index (χ2v) is 3.32. The van der Waals surface area contributed by atoms with Crippen molar-refractivity contribution in [2.24, 2.45) is 5.29 Å². The molecule has 4 heteroatoms. The molecule has 0 saturated heterocycles. The zero-order valence-corrected chi connectivity index (χ0v) is 9.09. The summed E-state index contributed by atoms with van der Waals surface area (Å²) in [6.07, 6.45) is 0.520. The van der Waals surface area contributed by atoms with Gasteiger partial charge in [0.05, 0.1) is 5.29 Å². The van der Waals surface area contributed by atoms with Gasteiger partial charge in [0, 0.05) is 13.7 Å². The van der Waals surface area contributed by atoms with E-state index in [4.69, 9.17) is 4.74 Å². The van der Waals surface area contributed by atoms with E-state index in [0.717, 1.165) is 6.42 Å². The molecule has 0 saturated carbocycles. The Morgan fingerprint density at radius 1 is 1.40 bits per heavy atom.